The van der Waals surface area contributed by atoms with Crippen molar-refractivity contribution in [2.75, 3.05) is 0 Å². The van der Waals surface area contributed by atoms with E-state index in [1.54, 1.807) is 18.2 Å². The van der Waals surface area contributed by atoms with E-state index < -0.39 is 11.5 Å². The summed E-state index contributed by atoms with van der Waals surface area (Å²) in [4.78, 5) is 24.5. The van der Waals surface area contributed by atoms with Gasteiger partial charge in [-0.3, -0.25) is 4.79 Å². The normalized spacial score (nSPS) is 12.1. The van der Waals surface area contributed by atoms with E-state index in [1.165, 1.54) is 11.6 Å². The van der Waals surface area contributed by atoms with E-state index in [1.807, 2.05) is 25.1 Å². The minimum absolute atomic E-state index is 0.0127. The summed E-state index contributed by atoms with van der Waals surface area (Å²) < 4.78 is 5.20. The Bertz CT molecular complexity index is 950. The van der Waals surface area contributed by atoms with Crippen molar-refractivity contribution < 1.29 is 9.21 Å². The first kappa shape index (κ1) is 17.2. The van der Waals surface area contributed by atoms with Crippen molar-refractivity contribution in [3.63, 3.8) is 0 Å². The number of fused-ring (bicyclic) bond motifs is 1. The largest absolute Gasteiger partial charge is 0.422 e. The van der Waals surface area contributed by atoms with Gasteiger partial charge in [-0.2, -0.15) is 0 Å². The highest BCUT2D eigenvalue weighted by Gasteiger charge is 2.16. The number of carbonyl (C=O) groups excluding carboxylic acids is 1. The molecular formula is C20H18ClNO3. The zero-order chi connectivity index (χ0) is 17.8. The molecule has 3 rings (SSSR count). The average molecular weight is 356 g/mol. The molecule has 0 saturated heterocycles. The van der Waals surface area contributed by atoms with Gasteiger partial charge in [0.25, 0.3) is 5.91 Å². The standard InChI is InChI=1S/C20H18ClNO3/c1-13(7-8-14-5-3-2-4-6-14)22-19(23)17-12-15-11-16(21)9-10-18(15)25-20(17)24/h2-6,9-13H,7-8H2,1H3,(H,22,23)/t13-/m0/s1. The van der Waals surface area contributed by atoms with Crippen LogP contribution in [0.25, 0.3) is 11.0 Å². The van der Waals surface area contributed by atoms with E-state index in [0.717, 1.165) is 12.8 Å². The van der Waals surface area contributed by atoms with E-state index in [0.29, 0.717) is 16.0 Å². The molecule has 0 radical (unpaired) electrons. The number of hydrogen-bond acceptors (Lipinski definition) is 3. The Kier molecular flexibility index (Phi) is 5.19. The fourth-order valence-corrected chi connectivity index (χ4v) is 2.83. The van der Waals surface area contributed by atoms with Crippen LogP contribution in [0.4, 0.5) is 0 Å². The quantitative estimate of drug-likeness (QED) is 0.698. The second-order valence-corrected chi connectivity index (χ2v) is 6.46. The van der Waals surface area contributed by atoms with Gasteiger partial charge in [0.1, 0.15) is 11.1 Å². The lowest BCUT2D eigenvalue weighted by Gasteiger charge is -2.13. The summed E-state index contributed by atoms with van der Waals surface area (Å²) >= 11 is 5.95. The van der Waals surface area contributed by atoms with Gasteiger partial charge in [0, 0.05) is 16.5 Å². The summed E-state index contributed by atoms with van der Waals surface area (Å²) in [6, 6.07) is 16.4. The SMILES string of the molecule is C[C@@H](CCc1ccccc1)NC(=O)c1cc2cc(Cl)ccc2oc1=O. The Balaban J connectivity index is 1.71. The predicted octanol–water partition coefficient (Wildman–Crippen LogP) is 4.20. The van der Waals surface area contributed by atoms with E-state index in [4.69, 9.17) is 16.0 Å². The summed E-state index contributed by atoms with van der Waals surface area (Å²) in [5.74, 6) is -0.434. The molecule has 1 aromatic heterocycles. The van der Waals surface area contributed by atoms with Gasteiger partial charge < -0.3 is 9.73 Å². The van der Waals surface area contributed by atoms with Gasteiger partial charge in [-0.15, -0.1) is 0 Å². The van der Waals surface area contributed by atoms with Gasteiger partial charge in [0.15, 0.2) is 0 Å². The third-order valence-corrected chi connectivity index (χ3v) is 4.26. The van der Waals surface area contributed by atoms with Gasteiger partial charge in [0.05, 0.1) is 0 Å². The lowest BCUT2D eigenvalue weighted by Crippen LogP contribution is -2.35. The van der Waals surface area contributed by atoms with Gasteiger partial charge in [-0.05, 0) is 49.6 Å². The first-order valence-corrected chi connectivity index (χ1v) is 8.49. The minimum atomic E-state index is -0.650. The van der Waals surface area contributed by atoms with Crippen molar-refractivity contribution >= 4 is 28.5 Å². The van der Waals surface area contributed by atoms with Crippen LogP contribution in [0.2, 0.25) is 5.02 Å². The van der Waals surface area contributed by atoms with Crippen LogP contribution in [0.15, 0.2) is 63.8 Å². The molecule has 2 aromatic carbocycles. The van der Waals surface area contributed by atoms with Crippen molar-refractivity contribution in [2.24, 2.45) is 0 Å². The summed E-state index contributed by atoms with van der Waals surface area (Å²) in [5.41, 5.74) is 0.954. The Labute approximate surface area is 150 Å². The van der Waals surface area contributed by atoms with Crippen molar-refractivity contribution in [3.8, 4) is 0 Å². The molecule has 128 valence electrons. The third-order valence-electron chi connectivity index (χ3n) is 4.03. The molecule has 1 atom stereocenters. The molecule has 0 aliphatic carbocycles. The van der Waals surface area contributed by atoms with E-state index >= 15 is 0 Å². The molecule has 0 aliphatic rings. The highest BCUT2D eigenvalue weighted by atomic mass is 35.5. The molecule has 1 N–H and O–H groups in total. The van der Waals surface area contributed by atoms with Crippen molar-refractivity contribution in [1.29, 1.82) is 0 Å². The number of benzene rings is 2. The molecular weight excluding hydrogens is 338 g/mol. The lowest BCUT2D eigenvalue weighted by atomic mass is 10.1. The van der Waals surface area contributed by atoms with Gasteiger partial charge in [-0.25, -0.2) is 4.79 Å². The average Bonchev–Trinajstić information content (AvgIpc) is 2.60. The van der Waals surface area contributed by atoms with Crippen molar-refractivity contribution in [3.05, 3.63) is 81.2 Å². The summed E-state index contributed by atoms with van der Waals surface area (Å²) in [6.45, 7) is 1.92. The lowest BCUT2D eigenvalue weighted by molar-refractivity contribution is 0.0935. The Morgan fingerprint density at radius 2 is 1.92 bits per heavy atom. The number of carbonyl (C=O) groups is 1. The monoisotopic (exact) mass is 355 g/mol. The van der Waals surface area contributed by atoms with Crippen molar-refractivity contribution in [1.82, 2.24) is 5.32 Å². The van der Waals surface area contributed by atoms with Crippen LogP contribution in [0.1, 0.15) is 29.3 Å². The van der Waals surface area contributed by atoms with Crippen LogP contribution in [-0.4, -0.2) is 11.9 Å². The first-order valence-electron chi connectivity index (χ1n) is 8.11. The molecule has 1 heterocycles. The first-order chi connectivity index (χ1) is 12.0. The maximum Gasteiger partial charge on any atom is 0.349 e. The fourth-order valence-electron chi connectivity index (χ4n) is 2.65. The maximum absolute atomic E-state index is 12.4. The van der Waals surface area contributed by atoms with E-state index in [-0.39, 0.29) is 11.6 Å². The van der Waals surface area contributed by atoms with Crippen LogP contribution in [0.3, 0.4) is 0 Å². The number of hydrogen-bond donors (Lipinski definition) is 1. The molecule has 0 fully saturated rings. The van der Waals surface area contributed by atoms with E-state index in [2.05, 4.69) is 17.4 Å². The third kappa shape index (κ3) is 4.28. The Morgan fingerprint density at radius 3 is 2.68 bits per heavy atom. The van der Waals surface area contributed by atoms with Gasteiger partial charge in [-0.1, -0.05) is 41.9 Å². The summed E-state index contributed by atoms with van der Waals surface area (Å²) in [5, 5.41) is 3.99. The maximum atomic E-state index is 12.4. The molecule has 5 heteroatoms. The molecule has 0 bridgehead atoms. The summed E-state index contributed by atoms with van der Waals surface area (Å²) in [6.07, 6.45) is 1.63. The van der Waals surface area contributed by atoms with Gasteiger partial charge >= 0.3 is 5.63 Å². The minimum Gasteiger partial charge on any atom is -0.422 e. The second kappa shape index (κ2) is 7.53. The van der Waals surface area contributed by atoms with Crippen LogP contribution < -0.4 is 10.9 Å². The van der Waals surface area contributed by atoms with Crippen molar-refractivity contribution in [2.45, 2.75) is 25.8 Å². The zero-order valence-corrected chi connectivity index (χ0v) is 14.5. The van der Waals surface area contributed by atoms with Crippen LogP contribution in [0, 0.1) is 0 Å². The van der Waals surface area contributed by atoms with Crippen LogP contribution >= 0.6 is 11.6 Å². The smallest absolute Gasteiger partial charge is 0.349 e. The fraction of sp³-hybridized carbons (Fsp3) is 0.200. The molecule has 3 aromatic rings. The molecule has 0 aliphatic heterocycles. The van der Waals surface area contributed by atoms with Gasteiger partial charge in [0.2, 0.25) is 0 Å². The summed E-state index contributed by atoms with van der Waals surface area (Å²) in [7, 11) is 0. The number of aryl methyl sites for hydroxylation is 1. The van der Waals surface area contributed by atoms with Crippen LogP contribution in [0.5, 0.6) is 0 Å². The molecule has 4 nitrogen and oxygen atoms in total. The number of halogens is 1. The molecule has 0 unspecified atom stereocenters. The molecule has 25 heavy (non-hydrogen) atoms. The topological polar surface area (TPSA) is 59.3 Å². The number of nitrogens with one attached hydrogen (secondary N) is 1. The highest BCUT2D eigenvalue weighted by Crippen LogP contribution is 2.19. The Morgan fingerprint density at radius 1 is 1.16 bits per heavy atom. The van der Waals surface area contributed by atoms with Crippen LogP contribution in [-0.2, 0) is 6.42 Å². The number of amides is 1. The zero-order valence-electron chi connectivity index (χ0n) is 13.8. The second-order valence-electron chi connectivity index (χ2n) is 6.03. The number of rotatable bonds is 5. The Hall–Kier alpha value is -2.59. The molecule has 1 amide bonds. The molecule has 0 saturated carbocycles. The highest BCUT2D eigenvalue weighted by molar-refractivity contribution is 6.31. The molecule has 0 spiro atoms. The predicted molar refractivity (Wildman–Crippen MR) is 99.2 cm³/mol. The van der Waals surface area contributed by atoms with E-state index in [9.17, 15) is 9.59 Å².